The molecule has 0 fully saturated rings. The van der Waals surface area contributed by atoms with E-state index in [0.717, 1.165) is 44.6 Å². The van der Waals surface area contributed by atoms with E-state index in [2.05, 4.69) is 65.2 Å². The lowest BCUT2D eigenvalue weighted by atomic mass is 9.99. The summed E-state index contributed by atoms with van der Waals surface area (Å²) >= 11 is 0. The number of tetrazole rings is 1. The van der Waals surface area contributed by atoms with Gasteiger partial charge in [0, 0.05) is 37.3 Å². The van der Waals surface area contributed by atoms with E-state index in [1.165, 1.54) is 11.1 Å². The highest BCUT2D eigenvalue weighted by Gasteiger charge is 2.23. The SMILES string of the molecule is CC(C)Oc1ccc(-c2nc(N3CCCc4cc(CNCCc5nn[nH]n5)ccc43)no2)cc1C#N. The molecule has 4 aromatic rings. The van der Waals surface area contributed by atoms with E-state index in [-0.39, 0.29) is 6.10 Å². The van der Waals surface area contributed by atoms with Gasteiger partial charge in [0.1, 0.15) is 11.8 Å². The summed E-state index contributed by atoms with van der Waals surface area (Å²) < 4.78 is 11.3. The number of nitriles is 1. The number of benzene rings is 2. The minimum atomic E-state index is -0.0230. The summed E-state index contributed by atoms with van der Waals surface area (Å²) in [5.74, 6) is 2.12. The topological polar surface area (TPSA) is 142 Å². The predicted octanol–water partition coefficient (Wildman–Crippen LogP) is 3.33. The van der Waals surface area contributed by atoms with Crippen molar-refractivity contribution in [1.29, 1.82) is 5.26 Å². The van der Waals surface area contributed by atoms with Crippen molar-refractivity contribution in [2.75, 3.05) is 18.0 Å². The molecule has 5 rings (SSSR count). The van der Waals surface area contributed by atoms with Crippen molar-refractivity contribution in [2.45, 2.75) is 45.8 Å². The summed E-state index contributed by atoms with van der Waals surface area (Å²) in [6.07, 6.45) is 2.69. The van der Waals surface area contributed by atoms with Gasteiger partial charge in [-0.3, -0.25) is 0 Å². The maximum Gasteiger partial charge on any atom is 0.270 e. The van der Waals surface area contributed by atoms with Gasteiger partial charge in [-0.25, -0.2) is 0 Å². The van der Waals surface area contributed by atoms with Crippen LogP contribution in [0.25, 0.3) is 11.5 Å². The summed E-state index contributed by atoms with van der Waals surface area (Å²) in [6.45, 7) is 6.18. The van der Waals surface area contributed by atoms with Crippen molar-refractivity contribution >= 4 is 11.6 Å². The number of nitrogens with one attached hydrogen (secondary N) is 2. The van der Waals surface area contributed by atoms with Gasteiger partial charge in [0.2, 0.25) is 0 Å². The first-order valence-electron chi connectivity index (χ1n) is 12.0. The van der Waals surface area contributed by atoms with Gasteiger partial charge >= 0.3 is 0 Å². The first-order valence-corrected chi connectivity index (χ1v) is 12.0. The van der Waals surface area contributed by atoms with Crippen LogP contribution in [-0.4, -0.2) is 50.0 Å². The highest BCUT2D eigenvalue weighted by Crippen LogP contribution is 2.34. The van der Waals surface area contributed by atoms with Crippen molar-refractivity contribution in [3.05, 3.63) is 58.9 Å². The molecule has 0 saturated carbocycles. The number of aryl methyl sites for hydroxylation is 1. The van der Waals surface area contributed by atoms with Crippen molar-refractivity contribution < 1.29 is 9.26 Å². The molecule has 0 radical (unpaired) electrons. The number of H-pyrrole nitrogens is 1. The molecule has 2 aromatic carbocycles. The van der Waals surface area contributed by atoms with E-state index in [9.17, 15) is 5.26 Å². The molecule has 0 amide bonds. The third-order valence-corrected chi connectivity index (χ3v) is 5.87. The molecule has 1 aliphatic heterocycles. The molecule has 11 heteroatoms. The number of hydrogen-bond acceptors (Lipinski definition) is 10. The zero-order valence-corrected chi connectivity index (χ0v) is 20.2. The van der Waals surface area contributed by atoms with Crippen molar-refractivity contribution in [1.82, 2.24) is 36.1 Å². The third-order valence-electron chi connectivity index (χ3n) is 5.87. The minimum absolute atomic E-state index is 0.0230. The molecule has 0 unspecified atom stereocenters. The molecule has 1 aliphatic rings. The van der Waals surface area contributed by atoms with E-state index in [4.69, 9.17) is 9.26 Å². The average molecular weight is 486 g/mol. The summed E-state index contributed by atoms with van der Waals surface area (Å²) in [6, 6.07) is 14.0. The fraction of sp³-hybridized carbons (Fsp3) is 0.360. The van der Waals surface area contributed by atoms with Crippen LogP contribution in [-0.2, 0) is 19.4 Å². The highest BCUT2D eigenvalue weighted by molar-refractivity contribution is 5.66. The van der Waals surface area contributed by atoms with Crippen LogP contribution in [0.4, 0.5) is 11.6 Å². The summed E-state index contributed by atoms with van der Waals surface area (Å²) in [5, 5.41) is 31.2. The number of ether oxygens (including phenoxy) is 1. The Bertz CT molecular complexity index is 1360. The normalized spacial score (nSPS) is 13.0. The highest BCUT2D eigenvalue weighted by atomic mass is 16.5. The second-order valence-electron chi connectivity index (χ2n) is 8.86. The molecule has 0 aliphatic carbocycles. The van der Waals surface area contributed by atoms with Gasteiger partial charge in [-0.2, -0.15) is 15.5 Å². The number of nitrogens with zero attached hydrogens (tertiary/aromatic N) is 7. The van der Waals surface area contributed by atoms with E-state index in [1.54, 1.807) is 12.1 Å². The van der Waals surface area contributed by atoms with Crippen molar-refractivity contribution in [2.24, 2.45) is 0 Å². The molecule has 0 atom stereocenters. The monoisotopic (exact) mass is 485 g/mol. The van der Waals surface area contributed by atoms with Crippen LogP contribution in [0.15, 0.2) is 40.9 Å². The van der Waals surface area contributed by atoms with E-state index in [0.29, 0.717) is 34.5 Å². The third kappa shape index (κ3) is 5.18. The molecule has 2 N–H and O–H groups in total. The molecule has 0 bridgehead atoms. The molecule has 0 saturated heterocycles. The maximum atomic E-state index is 9.54. The molecule has 36 heavy (non-hydrogen) atoms. The molecule has 0 spiro atoms. The summed E-state index contributed by atoms with van der Waals surface area (Å²) in [4.78, 5) is 6.73. The number of aromatic amines is 1. The summed E-state index contributed by atoms with van der Waals surface area (Å²) in [5.41, 5.74) is 4.67. The molecule has 3 heterocycles. The number of fused-ring (bicyclic) bond motifs is 1. The van der Waals surface area contributed by atoms with E-state index in [1.807, 2.05) is 19.9 Å². The second kappa shape index (κ2) is 10.5. The lowest BCUT2D eigenvalue weighted by molar-refractivity contribution is 0.241. The van der Waals surface area contributed by atoms with Crippen molar-refractivity contribution in [3.8, 4) is 23.3 Å². The van der Waals surface area contributed by atoms with Crippen LogP contribution >= 0.6 is 0 Å². The molecule has 2 aromatic heterocycles. The molecular weight excluding hydrogens is 458 g/mol. The maximum absolute atomic E-state index is 9.54. The molecular formula is C25H27N9O2. The van der Waals surface area contributed by atoms with Crippen LogP contribution in [0.3, 0.4) is 0 Å². The quantitative estimate of drug-likeness (QED) is 0.339. The number of aromatic nitrogens is 6. The second-order valence-corrected chi connectivity index (χ2v) is 8.86. The van der Waals surface area contributed by atoms with Crippen LogP contribution in [0.1, 0.15) is 42.8 Å². The van der Waals surface area contributed by atoms with Gasteiger partial charge in [-0.15, -0.1) is 10.2 Å². The Labute approximate surface area is 208 Å². The summed E-state index contributed by atoms with van der Waals surface area (Å²) in [7, 11) is 0. The fourth-order valence-corrected chi connectivity index (χ4v) is 4.24. The van der Waals surface area contributed by atoms with Crippen LogP contribution in [0.5, 0.6) is 5.75 Å². The zero-order valence-electron chi connectivity index (χ0n) is 20.2. The largest absolute Gasteiger partial charge is 0.490 e. The Morgan fingerprint density at radius 2 is 2.17 bits per heavy atom. The minimum Gasteiger partial charge on any atom is -0.490 e. The Hall–Kier alpha value is -4.30. The number of anilines is 2. The Balaban J connectivity index is 1.28. The lowest BCUT2D eigenvalue weighted by Gasteiger charge is -2.28. The smallest absolute Gasteiger partial charge is 0.270 e. The van der Waals surface area contributed by atoms with Crippen LogP contribution < -0.4 is 15.0 Å². The van der Waals surface area contributed by atoms with Crippen molar-refractivity contribution in [3.63, 3.8) is 0 Å². The van der Waals surface area contributed by atoms with E-state index < -0.39 is 0 Å². The zero-order chi connectivity index (χ0) is 24.9. The van der Waals surface area contributed by atoms with Gasteiger partial charge < -0.3 is 19.5 Å². The first-order chi connectivity index (χ1) is 17.6. The van der Waals surface area contributed by atoms with Crippen LogP contribution in [0, 0.1) is 11.3 Å². The average Bonchev–Trinajstić information content (AvgIpc) is 3.59. The number of rotatable bonds is 9. The Morgan fingerprint density at radius 1 is 1.25 bits per heavy atom. The van der Waals surface area contributed by atoms with Gasteiger partial charge in [-0.05, 0) is 67.2 Å². The fourth-order valence-electron chi connectivity index (χ4n) is 4.24. The first kappa shape index (κ1) is 23.4. The Kier molecular flexibility index (Phi) is 6.86. The van der Waals surface area contributed by atoms with Gasteiger partial charge in [0.25, 0.3) is 11.8 Å². The lowest BCUT2D eigenvalue weighted by Crippen LogP contribution is -2.26. The molecule has 11 nitrogen and oxygen atoms in total. The Morgan fingerprint density at radius 3 is 2.97 bits per heavy atom. The van der Waals surface area contributed by atoms with Gasteiger partial charge in [0.15, 0.2) is 5.82 Å². The predicted molar refractivity (Wildman–Crippen MR) is 132 cm³/mol. The molecule has 184 valence electrons. The van der Waals surface area contributed by atoms with Crippen LogP contribution in [0.2, 0.25) is 0 Å². The van der Waals surface area contributed by atoms with E-state index >= 15 is 0 Å². The van der Waals surface area contributed by atoms with Gasteiger partial charge in [-0.1, -0.05) is 17.3 Å². The standard InChI is InChI=1S/C25H27N9O2/c1-16(2)35-22-8-6-19(13-20(22)14-26)24-28-25(31-36-24)34-11-3-4-18-12-17(5-7-21(18)34)15-27-10-9-23-29-32-33-30-23/h5-8,12-13,16,27H,3-4,9-11,15H2,1-2H3,(H,29,30,32,33). The number of hydrogen-bond donors (Lipinski definition) is 2. The van der Waals surface area contributed by atoms with Gasteiger partial charge in [0.05, 0.1) is 11.7 Å².